The molecule has 0 bridgehead atoms. The van der Waals surface area contributed by atoms with Crippen LogP contribution in [-0.4, -0.2) is 30.4 Å². The summed E-state index contributed by atoms with van der Waals surface area (Å²) in [6.07, 6.45) is 3.28. The Bertz CT molecular complexity index is 1570. The molecule has 7 nitrogen and oxygen atoms in total. The van der Waals surface area contributed by atoms with Gasteiger partial charge in [-0.15, -0.1) is 0 Å². The van der Waals surface area contributed by atoms with E-state index in [9.17, 15) is 9.59 Å². The summed E-state index contributed by atoms with van der Waals surface area (Å²) in [6.45, 7) is 9.98. The molecule has 1 aliphatic heterocycles. The van der Waals surface area contributed by atoms with E-state index in [1.54, 1.807) is 38.1 Å². The fourth-order valence-corrected chi connectivity index (χ4v) is 5.77. The third kappa shape index (κ3) is 5.57. The van der Waals surface area contributed by atoms with Crippen LogP contribution in [0.5, 0.6) is 11.5 Å². The van der Waals surface area contributed by atoms with Gasteiger partial charge in [-0.05, 0) is 62.2 Å². The van der Waals surface area contributed by atoms with E-state index in [0.29, 0.717) is 54.3 Å². The minimum Gasteiger partial charge on any atom is -0.494 e. The van der Waals surface area contributed by atoms with E-state index in [1.165, 1.54) is 15.9 Å². The molecule has 0 saturated carbocycles. The van der Waals surface area contributed by atoms with Crippen molar-refractivity contribution in [1.82, 2.24) is 4.57 Å². The van der Waals surface area contributed by atoms with Gasteiger partial charge in [0.2, 0.25) is 0 Å². The summed E-state index contributed by atoms with van der Waals surface area (Å²) in [5.41, 5.74) is 1.85. The molecular formula is C28H26Cl2N2O5S. The Kier molecular flexibility index (Phi) is 8.76. The smallest absolute Gasteiger partial charge is 0.338 e. The number of aromatic nitrogens is 1. The molecule has 38 heavy (non-hydrogen) atoms. The molecule has 1 atom stereocenters. The summed E-state index contributed by atoms with van der Waals surface area (Å²) in [5.74, 6) is 0.518. The van der Waals surface area contributed by atoms with Crippen LogP contribution in [0.3, 0.4) is 0 Å². The Morgan fingerprint density at radius 1 is 1.13 bits per heavy atom. The highest BCUT2D eigenvalue weighted by Crippen LogP contribution is 2.35. The van der Waals surface area contributed by atoms with Gasteiger partial charge in [-0.3, -0.25) is 9.36 Å². The summed E-state index contributed by atoms with van der Waals surface area (Å²) in [5, 5.41) is 0.622. The number of ether oxygens (including phenoxy) is 3. The lowest BCUT2D eigenvalue weighted by atomic mass is 9.96. The first-order valence-corrected chi connectivity index (χ1v) is 13.5. The van der Waals surface area contributed by atoms with Gasteiger partial charge in [0.1, 0.15) is 12.4 Å². The van der Waals surface area contributed by atoms with Gasteiger partial charge in [0.25, 0.3) is 5.56 Å². The molecular weight excluding hydrogens is 547 g/mol. The van der Waals surface area contributed by atoms with Crippen molar-refractivity contribution in [1.29, 1.82) is 0 Å². The maximum atomic E-state index is 13.8. The van der Waals surface area contributed by atoms with Gasteiger partial charge >= 0.3 is 5.97 Å². The maximum Gasteiger partial charge on any atom is 0.338 e. The Hall–Kier alpha value is -3.33. The monoisotopic (exact) mass is 572 g/mol. The predicted molar refractivity (Wildman–Crippen MR) is 150 cm³/mol. The number of benzene rings is 2. The number of halogens is 2. The number of rotatable bonds is 9. The molecule has 0 fully saturated rings. The second-order valence-electron chi connectivity index (χ2n) is 8.22. The summed E-state index contributed by atoms with van der Waals surface area (Å²) >= 11 is 14.0. The number of hydrogen-bond donors (Lipinski definition) is 0. The number of nitrogens with zero attached hydrogens (tertiary/aromatic N) is 2. The number of esters is 1. The largest absolute Gasteiger partial charge is 0.494 e. The van der Waals surface area contributed by atoms with Crippen molar-refractivity contribution >= 4 is 46.6 Å². The van der Waals surface area contributed by atoms with Crippen LogP contribution in [-0.2, 0) is 9.53 Å². The highest BCUT2D eigenvalue weighted by Gasteiger charge is 2.33. The topological polar surface area (TPSA) is 79.1 Å². The van der Waals surface area contributed by atoms with Crippen LogP contribution in [0.1, 0.15) is 37.9 Å². The molecule has 0 amide bonds. The lowest BCUT2D eigenvalue weighted by Crippen LogP contribution is -2.39. The predicted octanol–water partition coefficient (Wildman–Crippen LogP) is 5.07. The quantitative estimate of drug-likeness (QED) is 0.264. The normalized spacial score (nSPS) is 15.1. The van der Waals surface area contributed by atoms with Gasteiger partial charge < -0.3 is 14.2 Å². The highest BCUT2D eigenvalue weighted by atomic mass is 35.5. The average Bonchev–Trinajstić information content (AvgIpc) is 3.17. The van der Waals surface area contributed by atoms with Gasteiger partial charge in [-0.25, -0.2) is 9.79 Å². The van der Waals surface area contributed by atoms with Crippen molar-refractivity contribution in [2.24, 2.45) is 4.99 Å². The van der Waals surface area contributed by atoms with Crippen LogP contribution < -0.4 is 24.4 Å². The number of carbonyl (C=O) groups is 1. The third-order valence-electron chi connectivity index (χ3n) is 5.69. The Morgan fingerprint density at radius 2 is 1.82 bits per heavy atom. The van der Waals surface area contributed by atoms with Gasteiger partial charge in [-0.2, -0.15) is 0 Å². The first-order valence-electron chi connectivity index (χ1n) is 11.9. The number of hydrogen-bond acceptors (Lipinski definition) is 7. The molecule has 1 aliphatic rings. The standard InChI is InChI=1S/C28H26Cl2N2O5S/c1-5-12-37-25-20(29)13-17(14-21(25)30)15-22-26(33)32-24(18-8-10-19(11-9-18)35-6-2)23(27(34)36-7-3)16(4)31-28(32)38-22/h5,8-11,13-15,24H,1,6-7,12H2,2-4H3. The molecule has 2 heterocycles. The Morgan fingerprint density at radius 3 is 2.42 bits per heavy atom. The molecule has 2 aromatic carbocycles. The van der Waals surface area contributed by atoms with Crippen LogP contribution in [0, 0.1) is 0 Å². The zero-order valence-electron chi connectivity index (χ0n) is 21.1. The number of fused-ring (bicyclic) bond motifs is 1. The molecule has 0 saturated heterocycles. The van der Waals surface area contributed by atoms with Crippen molar-refractivity contribution in [3.8, 4) is 11.5 Å². The van der Waals surface area contributed by atoms with Gasteiger partial charge in [0, 0.05) is 0 Å². The van der Waals surface area contributed by atoms with Crippen molar-refractivity contribution in [2.75, 3.05) is 19.8 Å². The summed E-state index contributed by atoms with van der Waals surface area (Å²) in [6, 6.07) is 9.93. The molecule has 3 aromatic rings. The summed E-state index contributed by atoms with van der Waals surface area (Å²) < 4.78 is 18.4. The SMILES string of the molecule is C=CCOc1c(Cl)cc(C=c2sc3n(c2=O)C(c2ccc(OCC)cc2)C(C(=O)OCC)=C(C)N=3)cc1Cl. The zero-order valence-corrected chi connectivity index (χ0v) is 23.5. The zero-order chi connectivity index (χ0) is 27.4. The maximum absolute atomic E-state index is 13.8. The fraction of sp³-hybridized carbons (Fsp3) is 0.250. The van der Waals surface area contributed by atoms with E-state index in [2.05, 4.69) is 11.6 Å². The van der Waals surface area contributed by atoms with Gasteiger partial charge in [-0.1, -0.05) is 59.3 Å². The molecule has 198 valence electrons. The van der Waals surface area contributed by atoms with E-state index in [0.717, 1.165) is 5.56 Å². The lowest BCUT2D eigenvalue weighted by molar-refractivity contribution is -0.139. The van der Waals surface area contributed by atoms with E-state index in [4.69, 9.17) is 37.4 Å². The Balaban J connectivity index is 1.87. The van der Waals surface area contributed by atoms with Crippen LogP contribution >= 0.6 is 34.5 Å². The second kappa shape index (κ2) is 12.0. The van der Waals surface area contributed by atoms with Crippen LogP contribution in [0.2, 0.25) is 10.0 Å². The first kappa shape index (κ1) is 27.7. The molecule has 0 spiro atoms. The third-order valence-corrected chi connectivity index (χ3v) is 7.23. The van der Waals surface area contributed by atoms with E-state index < -0.39 is 12.0 Å². The van der Waals surface area contributed by atoms with Crippen molar-refractivity contribution in [2.45, 2.75) is 26.8 Å². The van der Waals surface area contributed by atoms with Crippen LogP contribution in [0.25, 0.3) is 6.08 Å². The fourth-order valence-electron chi connectivity index (χ4n) is 4.11. The molecule has 0 radical (unpaired) electrons. The minimum absolute atomic E-state index is 0.198. The molecule has 0 aliphatic carbocycles. The van der Waals surface area contributed by atoms with E-state index in [1.807, 2.05) is 31.2 Å². The molecule has 0 N–H and O–H groups in total. The highest BCUT2D eigenvalue weighted by molar-refractivity contribution is 7.07. The number of thiazole rings is 1. The minimum atomic E-state index is -0.718. The van der Waals surface area contributed by atoms with Crippen molar-refractivity contribution < 1.29 is 19.0 Å². The molecule has 4 rings (SSSR count). The Labute approximate surface area is 233 Å². The van der Waals surface area contributed by atoms with Gasteiger partial charge in [0.15, 0.2) is 10.6 Å². The molecule has 1 unspecified atom stereocenters. The average molecular weight is 573 g/mol. The molecule has 10 heteroatoms. The number of allylic oxidation sites excluding steroid dienone is 1. The van der Waals surface area contributed by atoms with E-state index in [-0.39, 0.29) is 18.8 Å². The summed E-state index contributed by atoms with van der Waals surface area (Å²) in [4.78, 5) is 31.9. The van der Waals surface area contributed by atoms with Gasteiger partial charge in [0.05, 0.1) is 45.1 Å². The summed E-state index contributed by atoms with van der Waals surface area (Å²) in [7, 11) is 0. The van der Waals surface area contributed by atoms with Crippen molar-refractivity contribution in [3.63, 3.8) is 0 Å². The van der Waals surface area contributed by atoms with Crippen molar-refractivity contribution in [3.05, 3.63) is 101 Å². The molecule has 1 aromatic heterocycles. The van der Waals surface area contributed by atoms with Crippen LogP contribution in [0.15, 0.2) is 70.1 Å². The van der Waals surface area contributed by atoms with E-state index >= 15 is 0 Å². The number of carbonyl (C=O) groups excluding carboxylic acids is 1. The van der Waals surface area contributed by atoms with Crippen LogP contribution in [0.4, 0.5) is 0 Å². The second-order valence-corrected chi connectivity index (χ2v) is 10.0. The lowest BCUT2D eigenvalue weighted by Gasteiger charge is -2.24. The first-order chi connectivity index (χ1) is 18.3.